The zero-order valence-electron chi connectivity index (χ0n) is 13.5. The summed E-state index contributed by atoms with van der Waals surface area (Å²) in [7, 11) is 0. The third-order valence-corrected chi connectivity index (χ3v) is 5.17. The molecule has 0 bridgehead atoms. The second-order valence-electron chi connectivity index (χ2n) is 5.66. The normalized spacial score (nSPS) is 15.0. The number of morpholine rings is 1. The summed E-state index contributed by atoms with van der Waals surface area (Å²) in [6.07, 6.45) is 1.77. The molecule has 1 aliphatic heterocycles. The van der Waals surface area contributed by atoms with Crippen LogP contribution >= 0.6 is 22.9 Å². The van der Waals surface area contributed by atoms with Crippen molar-refractivity contribution in [1.82, 2.24) is 15.0 Å². The minimum atomic E-state index is 0.271. The van der Waals surface area contributed by atoms with E-state index in [1.807, 2.05) is 24.3 Å². The van der Waals surface area contributed by atoms with E-state index in [-0.39, 0.29) is 5.28 Å². The summed E-state index contributed by atoms with van der Waals surface area (Å²) in [6, 6.07) is 7.82. The number of aromatic nitrogens is 3. The molecule has 0 atom stereocenters. The summed E-state index contributed by atoms with van der Waals surface area (Å²) in [6.45, 7) is 4.02. The Morgan fingerprint density at radius 1 is 1.20 bits per heavy atom. The summed E-state index contributed by atoms with van der Waals surface area (Å²) < 4.78 is 12.3. The van der Waals surface area contributed by atoms with Gasteiger partial charge in [0.05, 0.1) is 42.3 Å². The van der Waals surface area contributed by atoms with Gasteiger partial charge in [-0.05, 0) is 29.8 Å². The van der Waals surface area contributed by atoms with Gasteiger partial charge < -0.3 is 14.4 Å². The Morgan fingerprint density at radius 3 is 2.88 bits per heavy atom. The fourth-order valence-corrected chi connectivity index (χ4v) is 3.96. The molecule has 0 N–H and O–H groups in total. The number of nitrogens with zero attached hydrogens (tertiary/aromatic N) is 4. The van der Waals surface area contributed by atoms with E-state index in [1.165, 1.54) is 0 Å². The number of anilines is 1. The first-order chi connectivity index (χ1) is 12.3. The predicted octanol–water partition coefficient (Wildman–Crippen LogP) is 3.29. The summed E-state index contributed by atoms with van der Waals surface area (Å²) in [5.74, 6) is 0.888. The van der Waals surface area contributed by atoms with Gasteiger partial charge in [0.1, 0.15) is 0 Å². The van der Waals surface area contributed by atoms with Gasteiger partial charge in [-0.15, -0.1) is 11.3 Å². The number of hydrogen-bond acceptors (Lipinski definition) is 7. The van der Waals surface area contributed by atoms with Gasteiger partial charge in [0.15, 0.2) is 5.82 Å². The van der Waals surface area contributed by atoms with Crippen molar-refractivity contribution in [3.63, 3.8) is 0 Å². The molecular formula is C17H17ClN4O2S. The molecule has 0 amide bonds. The van der Waals surface area contributed by atoms with Crippen molar-refractivity contribution in [2.24, 2.45) is 0 Å². The van der Waals surface area contributed by atoms with Crippen LogP contribution in [-0.4, -0.2) is 41.3 Å². The highest BCUT2D eigenvalue weighted by Gasteiger charge is 2.19. The zero-order chi connectivity index (χ0) is 17.1. The molecule has 6 nitrogen and oxygen atoms in total. The maximum Gasteiger partial charge on any atom is 0.224 e. The molecular weight excluding hydrogens is 360 g/mol. The van der Waals surface area contributed by atoms with Crippen LogP contribution in [0.3, 0.4) is 0 Å². The number of hydrogen-bond donors (Lipinski definition) is 0. The lowest BCUT2D eigenvalue weighted by molar-refractivity contribution is 0.106. The van der Waals surface area contributed by atoms with Gasteiger partial charge in [0, 0.05) is 24.2 Å². The van der Waals surface area contributed by atoms with E-state index in [0.29, 0.717) is 26.4 Å². The number of pyridine rings is 1. The van der Waals surface area contributed by atoms with E-state index >= 15 is 0 Å². The largest absolute Gasteiger partial charge is 0.378 e. The minimum absolute atomic E-state index is 0.271. The van der Waals surface area contributed by atoms with E-state index in [4.69, 9.17) is 21.1 Å². The van der Waals surface area contributed by atoms with E-state index in [0.717, 1.165) is 39.7 Å². The summed E-state index contributed by atoms with van der Waals surface area (Å²) in [5, 5.41) is 0.271. The van der Waals surface area contributed by atoms with Gasteiger partial charge in [-0.3, -0.25) is 4.98 Å². The lowest BCUT2D eigenvalue weighted by atomic mass is 10.3. The Labute approximate surface area is 154 Å². The van der Waals surface area contributed by atoms with Gasteiger partial charge in [0.2, 0.25) is 5.28 Å². The van der Waals surface area contributed by atoms with E-state index in [2.05, 4.69) is 19.9 Å². The molecule has 8 heteroatoms. The van der Waals surface area contributed by atoms with Crippen molar-refractivity contribution in [3.8, 4) is 0 Å². The summed E-state index contributed by atoms with van der Waals surface area (Å²) in [5.41, 5.74) is 1.78. The van der Waals surface area contributed by atoms with Crippen molar-refractivity contribution < 1.29 is 9.47 Å². The highest BCUT2D eigenvalue weighted by atomic mass is 35.5. The first kappa shape index (κ1) is 16.7. The summed E-state index contributed by atoms with van der Waals surface area (Å²) in [4.78, 5) is 16.4. The molecule has 1 fully saturated rings. The predicted molar refractivity (Wildman–Crippen MR) is 98.2 cm³/mol. The first-order valence-electron chi connectivity index (χ1n) is 8.06. The molecule has 0 aromatic carbocycles. The first-order valence-corrected chi connectivity index (χ1v) is 9.25. The Morgan fingerprint density at radius 2 is 2.08 bits per heavy atom. The van der Waals surface area contributed by atoms with E-state index in [9.17, 15) is 0 Å². The van der Waals surface area contributed by atoms with Crippen LogP contribution in [-0.2, 0) is 22.7 Å². The van der Waals surface area contributed by atoms with Crippen LogP contribution in [0.5, 0.6) is 0 Å². The summed E-state index contributed by atoms with van der Waals surface area (Å²) >= 11 is 7.77. The smallest absolute Gasteiger partial charge is 0.224 e. The van der Waals surface area contributed by atoms with E-state index < -0.39 is 0 Å². The fraction of sp³-hybridized carbons (Fsp3) is 0.353. The van der Waals surface area contributed by atoms with Crippen LogP contribution in [0, 0.1) is 0 Å². The van der Waals surface area contributed by atoms with Crippen LogP contribution in [0.1, 0.15) is 10.6 Å². The molecule has 25 heavy (non-hydrogen) atoms. The number of halogens is 1. The van der Waals surface area contributed by atoms with E-state index in [1.54, 1.807) is 17.5 Å². The van der Waals surface area contributed by atoms with Crippen LogP contribution in [0.4, 0.5) is 5.82 Å². The Balaban J connectivity index is 1.52. The van der Waals surface area contributed by atoms with Gasteiger partial charge in [-0.2, -0.15) is 4.98 Å². The molecule has 0 aliphatic carbocycles. The van der Waals surface area contributed by atoms with Crippen molar-refractivity contribution in [3.05, 3.63) is 46.3 Å². The molecule has 4 rings (SSSR count). The molecule has 0 saturated carbocycles. The van der Waals surface area contributed by atoms with Crippen molar-refractivity contribution in [2.75, 3.05) is 31.2 Å². The molecule has 130 valence electrons. The van der Waals surface area contributed by atoms with Crippen molar-refractivity contribution in [2.45, 2.75) is 13.2 Å². The highest BCUT2D eigenvalue weighted by molar-refractivity contribution is 7.19. The maximum absolute atomic E-state index is 6.12. The standard InChI is InChI=1S/C17H17ClN4O2S/c18-17-20-14-9-13(11-24-10-12-3-1-2-4-19-12)25-15(14)16(21-17)22-5-7-23-8-6-22/h1-4,9H,5-8,10-11H2. The minimum Gasteiger partial charge on any atom is -0.378 e. The number of fused-ring (bicyclic) bond motifs is 1. The molecule has 3 aromatic heterocycles. The van der Waals surface area contributed by atoms with Crippen LogP contribution < -0.4 is 4.90 Å². The van der Waals surface area contributed by atoms with Crippen molar-refractivity contribution in [1.29, 1.82) is 0 Å². The van der Waals surface area contributed by atoms with Gasteiger partial charge in [0.25, 0.3) is 0 Å². The molecule has 0 unspecified atom stereocenters. The number of thiophene rings is 1. The fourth-order valence-electron chi connectivity index (χ4n) is 2.74. The SMILES string of the molecule is Clc1nc(N2CCOCC2)c2sc(COCc3ccccn3)cc2n1. The Kier molecular flexibility index (Phi) is 5.07. The monoisotopic (exact) mass is 376 g/mol. The Hall–Kier alpha value is -1.80. The van der Waals surface area contributed by atoms with Gasteiger partial charge in [-0.25, -0.2) is 4.98 Å². The number of ether oxygens (including phenoxy) is 2. The van der Waals surface area contributed by atoms with Crippen LogP contribution in [0.2, 0.25) is 5.28 Å². The van der Waals surface area contributed by atoms with Gasteiger partial charge in [-0.1, -0.05) is 6.07 Å². The van der Waals surface area contributed by atoms with Crippen LogP contribution in [0.25, 0.3) is 10.2 Å². The lowest BCUT2D eigenvalue weighted by Gasteiger charge is -2.28. The highest BCUT2D eigenvalue weighted by Crippen LogP contribution is 2.33. The van der Waals surface area contributed by atoms with Crippen LogP contribution in [0.15, 0.2) is 30.5 Å². The lowest BCUT2D eigenvalue weighted by Crippen LogP contribution is -2.36. The Bertz CT molecular complexity index is 852. The number of rotatable bonds is 5. The second-order valence-corrected chi connectivity index (χ2v) is 7.13. The molecule has 1 aliphatic rings. The molecule has 1 saturated heterocycles. The zero-order valence-corrected chi connectivity index (χ0v) is 15.1. The quantitative estimate of drug-likeness (QED) is 0.637. The maximum atomic E-state index is 6.12. The third kappa shape index (κ3) is 3.90. The molecule has 0 radical (unpaired) electrons. The van der Waals surface area contributed by atoms with Gasteiger partial charge >= 0.3 is 0 Å². The topological polar surface area (TPSA) is 60.4 Å². The molecule has 0 spiro atoms. The average Bonchev–Trinajstić information content (AvgIpc) is 3.05. The molecule has 4 heterocycles. The second kappa shape index (κ2) is 7.61. The third-order valence-electron chi connectivity index (χ3n) is 3.91. The van der Waals surface area contributed by atoms with Crippen molar-refractivity contribution >= 4 is 39.0 Å². The average molecular weight is 377 g/mol. The molecule has 3 aromatic rings.